The Labute approximate surface area is 93.5 Å². The average Bonchev–Trinajstić information content (AvgIpc) is 2.57. The van der Waals surface area contributed by atoms with Gasteiger partial charge in [-0.2, -0.15) is 0 Å². The number of rotatable bonds is 1. The third kappa shape index (κ3) is 1.51. The van der Waals surface area contributed by atoms with Crippen molar-refractivity contribution < 1.29 is 0 Å². The number of aromatic amines is 1. The maximum atomic E-state index is 11.3. The van der Waals surface area contributed by atoms with Gasteiger partial charge < -0.3 is 4.98 Å². The van der Waals surface area contributed by atoms with Crippen LogP contribution >= 0.6 is 27.5 Å². The van der Waals surface area contributed by atoms with Crippen LogP contribution in [0.4, 0.5) is 0 Å². The van der Waals surface area contributed by atoms with Gasteiger partial charge in [0, 0.05) is 12.4 Å². The quantitative estimate of drug-likeness (QED) is 0.852. The molecular weight excluding hydrogens is 267 g/mol. The highest BCUT2D eigenvalue weighted by molar-refractivity contribution is 9.10. The first-order chi connectivity index (χ1) is 6.70. The molecule has 72 valence electrons. The van der Waals surface area contributed by atoms with Crippen LogP contribution in [0.2, 0.25) is 5.02 Å². The first-order valence-corrected chi connectivity index (χ1v) is 5.07. The third-order valence-corrected chi connectivity index (χ3v) is 3.22. The number of H-pyrrole nitrogens is 1. The van der Waals surface area contributed by atoms with Gasteiger partial charge in [-0.15, -0.1) is 0 Å². The minimum Gasteiger partial charge on any atom is -0.312 e. The molecule has 0 saturated heterocycles. The van der Waals surface area contributed by atoms with E-state index in [1.54, 1.807) is 24.5 Å². The Hall–Kier alpha value is -1.000. The lowest BCUT2D eigenvalue weighted by Crippen LogP contribution is -2.14. The highest BCUT2D eigenvalue weighted by atomic mass is 79.9. The van der Waals surface area contributed by atoms with Crippen LogP contribution < -0.4 is 5.69 Å². The zero-order valence-corrected chi connectivity index (χ0v) is 9.34. The molecule has 3 nitrogen and oxygen atoms in total. The summed E-state index contributed by atoms with van der Waals surface area (Å²) in [6, 6.07) is 5.36. The van der Waals surface area contributed by atoms with Gasteiger partial charge in [0.15, 0.2) is 0 Å². The summed E-state index contributed by atoms with van der Waals surface area (Å²) < 4.78 is 2.19. The van der Waals surface area contributed by atoms with Crippen molar-refractivity contribution >= 4 is 27.5 Å². The number of aromatic nitrogens is 2. The van der Waals surface area contributed by atoms with Gasteiger partial charge in [-0.1, -0.05) is 17.7 Å². The normalized spacial score (nSPS) is 10.4. The van der Waals surface area contributed by atoms with Gasteiger partial charge in [0.1, 0.15) is 0 Å². The Morgan fingerprint density at radius 3 is 2.86 bits per heavy atom. The van der Waals surface area contributed by atoms with Crippen molar-refractivity contribution in [3.8, 4) is 5.69 Å². The number of imidazole rings is 1. The fourth-order valence-corrected chi connectivity index (χ4v) is 1.81. The van der Waals surface area contributed by atoms with Crippen molar-refractivity contribution in [2.45, 2.75) is 0 Å². The lowest BCUT2D eigenvalue weighted by atomic mass is 10.3. The number of nitrogens with one attached hydrogen (secondary N) is 1. The minimum absolute atomic E-state index is 0.187. The Bertz CT molecular complexity index is 518. The smallest absolute Gasteiger partial charge is 0.312 e. The van der Waals surface area contributed by atoms with E-state index in [4.69, 9.17) is 11.6 Å². The molecule has 0 unspecified atom stereocenters. The zero-order valence-electron chi connectivity index (χ0n) is 7.00. The van der Waals surface area contributed by atoms with Gasteiger partial charge in [0.2, 0.25) is 0 Å². The molecule has 0 saturated carbocycles. The lowest BCUT2D eigenvalue weighted by molar-refractivity contribution is 0.982. The van der Waals surface area contributed by atoms with Gasteiger partial charge in [-0.3, -0.25) is 4.57 Å². The predicted octanol–water partition coefficient (Wildman–Crippen LogP) is 2.58. The van der Waals surface area contributed by atoms with Crippen molar-refractivity contribution in [3.63, 3.8) is 0 Å². The van der Waals surface area contributed by atoms with E-state index < -0.39 is 0 Å². The molecule has 1 heterocycles. The number of halogens is 2. The Morgan fingerprint density at radius 2 is 2.21 bits per heavy atom. The predicted molar refractivity (Wildman–Crippen MR) is 59.1 cm³/mol. The molecule has 0 aliphatic carbocycles. The van der Waals surface area contributed by atoms with Gasteiger partial charge in [-0.05, 0) is 28.1 Å². The fraction of sp³-hybridized carbons (Fsp3) is 0. The second-order valence-electron chi connectivity index (χ2n) is 2.71. The van der Waals surface area contributed by atoms with E-state index in [0.717, 1.165) is 5.69 Å². The molecule has 2 aromatic rings. The topological polar surface area (TPSA) is 37.8 Å². The fourth-order valence-electron chi connectivity index (χ4n) is 1.19. The van der Waals surface area contributed by atoms with Crippen molar-refractivity contribution in [3.05, 3.63) is 50.6 Å². The summed E-state index contributed by atoms with van der Waals surface area (Å²) in [6.07, 6.45) is 3.23. The summed E-state index contributed by atoms with van der Waals surface area (Å²) in [6.45, 7) is 0. The molecular formula is C9H6BrClN2O. The largest absolute Gasteiger partial charge is 0.330 e. The summed E-state index contributed by atoms with van der Waals surface area (Å²) in [5.74, 6) is 0. The van der Waals surface area contributed by atoms with Crippen molar-refractivity contribution in [1.29, 1.82) is 0 Å². The summed E-state index contributed by atoms with van der Waals surface area (Å²) >= 11 is 9.24. The molecule has 5 heteroatoms. The number of hydrogen-bond acceptors (Lipinski definition) is 1. The van der Waals surface area contributed by atoms with Gasteiger partial charge in [0.25, 0.3) is 0 Å². The second-order valence-corrected chi connectivity index (χ2v) is 3.91. The van der Waals surface area contributed by atoms with Crippen LogP contribution in [-0.4, -0.2) is 9.55 Å². The van der Waals surface area contributed by atoms with Crippen LogP contribution in [0.3, 0.4) is 0 Å². The maximum absolute atomic E-state index is 11.3. The first-order valence-electron chi connectivity index (χ1n) is 3.90. The monoisotopic (exact) mass is 272 g/mol. The molecule has 1 aromatic carbocycles. The van der Waals surface area contributed by atoms with Gasteiger partial charge in [0.05, 0.1) is 15.2 Å². The van der Waals surface area contributed by atoms with Crippen LogP contribution in [0.5, 0.6) is 0 Å². The summed E-state index contributed by atoms with van der Waals surface area (Å²) in [5.41, 5.74) is 0.539. The molecule has 1 aromatic heterocycles. The average molecular weight is 274 g/mol. The lowest BCUT2D eigenvalue weighted by Gasteiger charge is -2.04. The van der Waals surface area contributed by atoms with Crippen LogP contribution in [0, 0.1) is 0 Å². The van der Waals surface area contributed by atoms with E-state index in [9.17, 15) is 4.79 Å². The van der Waals surface area contributed by atoms with Crippen LogP contribution in [0.25, 0.3) is 5.69 Å². The first kappa shape index (κ1) is 9.55. The molecule has 0 aliphatic rings. The molecule has 1 N–H and O–H groups in total. The molecule has 2 rings (SSSR count). The van der Waals surface area contributed by atoms with Gasteiger partial charge in [-0.25, -0.2) is 4.79 Å². The molecule has 0 fully saturated rings. The van der Waals surface area contributed by atoms with Crippen molar-refractivity contribution in [1.82, 2.24) is 9.55 Å². The highest BCUT2D eigenvalue weighted by Gasteiger charge is 2.06. The SMILES string of the molecule is O=c1[nH]ccn1-c1cccc(Cl)c1Br. The van der Waals surface area contributed by atoms with E-state index in [1.165, 1.54) is 4.57 Å². The zero-order chi connectivity index (χ0) is 10.1. The molecule has 0 atom stereocenters. The molecule has 0 aliphatic heterocycles. The number of nitrogens with zero attached hydrogens (tertiary/aromatic N) is 1. The number of hydrogen-bond donors (Lipinski definition) is 1. The molecule has 0 amide bonds. The van der Waals surface area contributed by atoms with E-state index >= 15 is 0 Å². The Kier molecular flexibility index (Phi) is 2.48. The van der Waals surface area contributed by atoms with Gasteiger partial charge >= 0.3 is 5.69 Å². The number of benzene rings is 1. The molecule has 0 bridgehead atoms. The molecule has 14 heavy (non-hydrogen) atoms. The molecule has 0 spiro atoms. The van der Waals surface area contributed by atoms with Crippen LogP contribution in [-0.2, 0) is 0 Å². The second kappa shape index (κ2) is 3.63. The van der Waals surface area contributed by atoms with Crippen molar-refractivity contribution in [2.75, 3.05) is 0 Å². The highest BCUT2D eigenvalue weighted by Crippen LogP contribution is 2.27. The third-order valence-electron chi connectivity index (χ3n) is 1.84. The standard InChI is InChI=1S/C9H6BrClN2O/c10-8-6(11)2-1-3-7(8)13-5-4-12-9(13)14/h1-5H,(H,12,14). The summed E-state index contributed by atoms with van der Waals surface area (Å²) in [5, 5.41) is 0.579. The van der Waals surface area contributed by atoms with Crippen LogP contribution in [0.1, 0.15) is 0 Å². The summed E-state index contributed by atoms with van der Waals surface area (Å²) in [4.78, 5) is 13.9. The van der Waals surface area contributed by atoms with E-state index in [-0.39, 0.29) is 5.69 Å². The maximum Gasteiger partial charge on any atom is 0.330 e. The van der Waals surface area contributed by atoms with Crippen molar-refractivity contribution in [2.24, 2.45) is 0 Å². The van der Waals surface area contributed by atoms with Crippen LogP contribution in [0.15, 0.2) is 39.9 Å². The Balaban J connectivity index is 2.69. The Morgan fingerprint density at radius 1 is 1.43 bits per heavy atom. The molecule has 0 radical (unpaired) electrons. The minimum atomic E-state index is -0.187. The van der Waals surface area contributed by atoms with E-state index in [1.807, 2.05) is 6.07 Å². The van der Waals surface area contributed by atoms with E-state index in [0.29, 0.717) is 9.50 Å². The summed E-state index contributed by atoms with van der Waals surface area (Å²) in [7, 11) is 0. The van der Waals surface area contributed by atoms with E-state index in [2.05, 4.69) is 20.9 Å².